The van der Waals surface area contributed by atoms with E-state index >= 15 is 0 Å². The van der Waals surface area contributed by atoms with E-state index in [9.17, 15) is 0 Å². The van der Waals surface area contributed by atoms with Crippen LogP contribution in [0.1, 0.15) is 0 Å². The van der Waals surface area contributed by atoms with Crippen LogP contribution in [0.15, 0.2) is 0 Å². The van der Waals surface area contributed by atoms with Crippen molar-refractivity contribution < 1.29 is 59.7 Å². The first-order chi connectivity index (χ1) is 2.00. The zero-order chi connectivity index (χ0) is 4.50. The molecule has 0 aliphatic rings. The standard InChI is InChI=1S/6CH3.H2O4S.2Pt/c;;;;;;1-5(2,3)4;;/h6*1H3;(H2,1,2,3,4);;/q6*-1;;2*+4/p-2. The SMILES string of the molecule is O=S(=O)([O-])[O-].[CH3-].[CH3-].[CH3-].[CH3-].[CH3-].[CH3-].[Pt+4].[Pt+4]. The second kappa shape index (κ2) is 37.8. The fraction of sp³-hybridized carbons (Fsp3) is 0. The van der Waals surface area contributed by atoms with Gasteiger partial charge in [-0.25, -0.2) is 0 Å². The van der Waals surface area contributed by atoms with Gasteiger partial charge in [0, 0.05) is 10.4 Å². The van der Waals surface area contributed by atoms with Crippen LogP contribution in [0.2, 0.25) is 0 Å². The van der Waals surface area contributed by atoms with E-state index in [1.807, 2.05) is 0 Å². The maximum Gasteiger partial charge on any atom is 4.00 e. The predicted molar refractivity (Wildman–Crippen MR) is 49.0 cm³/mol. The minimum Gasteiger partial charge on any atom is -0.759 e. The molecule has 0 unspecified atom stereocenters. The van der Waals surface area contributed by atoms with Crippen molar-refractivity contribution in [3.8, 4) is 0 Å². The third-order valence-electron chi connectivity index (χ3n) is 0. The molecule has 7 heteroatoms. The van der Waals surface area contributed by atoms with Crippen molar-refractivity contribution in [3.63, 3.8) is 0 Å². The van der Waals surface area contributed by atoms with Gasteiger partial charge in [-0.3, -0.25) is 8.42 Å². The quantitative estimate of drug-likeness (QED) is 0.248. The fourth-order valence-electron chi connectivity index (χ4n) is 0. The molecule has 0 aromatic carbocycles. The molecule has 0 spiro atoms. The molecule has 0 bridgehead atoms. The first-order valence-corrected chi connectivity index (χ1v) is 2.00. The molecule has 0 rings (SSSR count). The van der Waals surface area contributed by atoms with Gasteiger partial charge in [0.15, 0.2) is 0 Å². The summed E-state index contributed by atoms with van der Waals surface area (Å²) in [5.41, 5.74) is 0. The zero-order valence-corrected chi connectivity index (χ0v) is 14.0. The van der Waals surface area contributed by atoms with Gasteiger partial charge < -0.3 is 53.7 Å². The molecule has 0 aliphatic heterocycles. The van der Waals surface area contributed by atoms with Gasteiger partial charge in [-0.2, -0.15) is 0 Å². The Balaban J connectivity index is -0.00000000286. The average Bonchev–Trinajstić information content (AvgIpc) is 0.722. The molecule has 0 heterocycles. The van der Waals surface area contributed by atoms with Crippen molar-refractivity contribution in [2.24, 2.45) is 0 Å². The molecule has 0 aromatic rings. The van der Waals surface area contributed by atoms with Gasteiger partial charge in [0.1, 0.15) is 0 Å². The van der Waals surface area contributed by atoms with E-state index in [1.54, 1.807) is 0 Å². The maximum atomic E-state index is 8.52. The fourth-order valence-corrected chi connectivity index (χ4v) is 0. The van der Waals surface area contributed by atoms with Crippen molar-refractivity contribution in [2.75, 3.05) is 0 Å². The smallest absolute Gasteiger partial charge is 0.759 e. The summed E-state index contributed by atoms with van der Waals surface area (Å²) >= 11 is 0. The Labute approximate surface area is 114 Å². The van der Waals surface area contributed by atoms with Gasteiger partial charge in [-0.05, 0) is 0 Å². The molecule has 0 aromatic heterocycles. The second-order valence-electron chi connectivity index (χ2n) is 0.408. The van der Waals surface area contributed by atoms with Crippen LogP contribution >= 0.6 is 0 Å². The molecule has 0 radical (unpaired) electrons. The molecule has 13 heavy (non-hydrogen) atoms. The predicted octanol–water partition coefficient (Wildman–Crippen LogP) is 1.36. The van der Waals surface area contributed by atoms with Crippen molar-refractivity contribution in [3.05, 3.63) is 44.6 Å². The Hall–Kier alpha value is 1.25. The summed E-state index contributed by atoms with van der Waals surface area (Å²) in [6.45, 7) is 0. The van der Waals surface area contributed by atoms with Crippen LogP contribution in [0.25, 0.3) is 0 Å². The molecule has 0 amide bonds. The van der Waals surface area contributed by atoms with Crippen LogP contribution in [0, 0.1) is 44.6 Å². The first-order valence-electron chi connectivity index (χ1n) is 0.667. The third-order valence-corrected chi connectivity index (χ3v) is 0. The summed E-state index contributed by atoms with van der Waals surface area (Å²) < 4.78 is 34.1. The monoisotopic (exact) mass is 576 g/mol. The Bertz CT molecular complexity index is 106. The topological polar surface area (TPSA) is 80.3 Å². The molecule has 0 saturated heterocycles. The summed E-state index contributed by atoms with van der Waals surface area (Å²) in [5.74, 6) is 0. The van der Waals surface area contributed by atoms with Gasteiger partial charge in [0.05, 0.1) is 0 Å². The average molecular weight is 576 g/mol. The Morgan fingerprint density at radius 3 is 0.615 bits per heavy atom. The molecule has 0 N–H and O–H groups in total. The Morgan fingerprint density at radius 2 is 0.615 bits per heavy atom. The third kappa shape index (κ3) is 1080. The molecule has 0 saturated carbocycles. The van der Waals surface area contributed by atoms with Crippen LogP contribution in [0.3, 0.4) is 0 Å². The molecule has 0 atom stereocenters. The van der Waals surface area contributed by atoms with Crippen molar-refractivity contribution >= 4 is 10.4 Å². The molecule has 0 aliphatic carbocycles. The number of rotatable bonds is 0. The van der Waals surface area contributed by atoms with Crippen LogP contribution in [0.5, 0.6) is 0 Å². The van der Waals surface area contributed by atoms with Gasteiger partial charge in [0.25, 0.3) is 0 Å². The van der Waals surface area contributed by atoms with Gasteiger partial charge in [-0.15, -0.1) is 0 Å². The second-order valence-corrected chi connectivity index (χ2v) is 1.22. The normalized spacial score (nSPS) is 4.46. The van der Waals surface area contributed by atoms with Crippen LogP contribution in [-0.4, -0.2) is 17.5 Å². The van der Waals surface area contributed by atoms with Crippen molar-refractivity contribution in [1.82, 2.24) is 0 Å². The summed E-state index contributed by atoms with van der Waals surface area (Å²) in [7, 11) is -5.17. The van der Waals surface area contributed by atoms with Gasteiger partial charge in [0.2, 0.25) is 0 Å². The number of hydrogen-bond acceptors (Lipinski definition) is 4. The summed E-state index contributed by atoms with van der Waals surface area (Å²) in [6.07, 6.45) is 0. The van der Waals surface area contributed by atoms with E-state index in [-0.39, 0.29) is 86.7 Å². The van der Waals surface area contributed by atoms with E-state index in [0.29, 0.717) is 0 Å². The van der Waals surface area contributed by atoms with Crippen LogP contribution in [-0.2, 0) is 52.5 Å². The summed E-state index contributed by atoms with van der Waals surface area (Å²) in [5, 5.41) is 0. The van der Waals surface area contributed by atoms with E-state index in [4.69, 9.17) is 17.5 Å². The largest absolute Gasteiger partial charge is 4.00 e. The van der Waals surface area contributed by atoms with E-state index in [2.05, 4.69) is 0 Å². The Morgan fingerprint density at radius 1 is 0.615 bits per heavy atom. The molecule has 4 nitrogen and oxygen atoms in total. The summed E-state index contributed by atoms with van der Waals surface area (Å²) in [6, 6.07) is 0. The van der Waals surface area contributed by atoms with E-state index in [0.717, 1.165) is 0 Å². The van der Waals surface area contributed by atoms with Crippen LogP contribution < -0.4 is 0 Å². The maximum absolute atomic E-state index is 8.52. The molecule has 92 valence electrons. The van der Waals surface area contributed by atoms with Gasteiger partial charge in [-0.1, -0.05) is 0 Å². The first kappa shape index (κ1) is 90.8. The van der Waals surface area contributed by atoms with E-state index in [1.165, 1.54) is 0 Å². The molecular formula is C6H18O4Pt2S. The molecular weight excluding hydrogens is 558 g/mol. The van der Waals surface area contributed by atoms with Crippen LogP contribution in [0.4, 0.5) is 0 Å². The minimum atomic E-state index is -5.17. The molecule has 0 fully saturated rings. The minimum absolute atomic E-state index is 0. The number of hydrogen-bond donors (Lipinski definition) is 0. The summed E-state index contributed by atoms with van der Waals surface area (Å²) in [4.78, 5) is 0. The Kier molecular flexibility index (Phi) is 264. The zero-order valence-electron chi connectivity index (χ0n) is 8.67. The van der Waals surface area contributed by atoms with Gasteiger partial charge >= 0.3 is 42.1 Å². The van der Waals surface area contributed by atoms with Crippen molar-refractivity contribution in [1.29, 1.82) is 0 Å². The van der Waals surface area contributed by atoms with Crippen molar-refractivity contribution in [2.45, 2.75) is 0 Å². The van der Waals surface area contributed by atoms with E-state index < -0.39 is 10.4 Å².